The van der Waals surface area contributed by atoms with Gasteiger partial charge >= 0.3 is 0 Å². The predicted molar refractivity (Wildman–Crippen MR) is 124 cm³/mol. The summed E-state index contributed by atoms with van der Waals surface area (Å²) in [4.78, 5) is 17.0. The van der Waals surface area contributed by atoms with Crippen LogP contribution in [0.25, 0.3) is 22.0 Å². The molecule has 0 N–H and O–H groups in total. The number of nitrogens with zero attached hydrogens (tertiary/aromatic N) is 4. The molecule has 6 heteroatoms. The van der Waals surface area contributed by atoms with Gasteiger partial charge in [0.1, 0.15) is 11.5 Å². The van der Waals surface area contributed by atoms with Gasteiger partial charge in [-0.05, 0) is 31.2 Å². The van der Waals surface area contributed by atoms with Gasteiger partial charge in [0, 0.05) is 47.6 Å². The summed E-state index contributed by atoms with van der Waals surface area (Å²) >= 11 is 0. The molecule has 1 aliphatic rings. The first-order valence-electron chi connectivity index (χ1n) is 10.7. The molecule has 0 bridgehead atoms. The minimum absolute atomic E-state index is 0.0444. The lowest BCUT2D eigenvalue weighted by Crippen LogP contribution is -2.54. The van der Waals surface area contributed by atoms with Gasteiger partial charge in [-0.3, -0.25) is 4.79 Å². The predicted octanol–water partition coefficient (Wildman–Crippen LogP) is 4.79. The highest BCUT2D eigenvalue weighted by Crippen LogP contribution is 2.33. The summed E-state index contributed by atoms with van der Waals surface area (Å²) in [5, 5.41) is 10.8. The van der Waals surface area contributed by atoms with Gasteiger partial charge in [-0.2, -0.15) is 0 Å². The third kappa shape index (κ3) is 3.58. The van der Waals surface area contributed by atoms with Crippen LogP contribution < -0.4 is 4.90 Å². The molecule has 0 aliphatic carbocycles. The Kier molecular flexibility index (Phi) is 5.27. The van der Waals surface area contributed by atoms with Gasteiger partial charge in [-0.15, -0.1) is 10.2 Å². The SMILES string of the molecule is C[C@@H]1CN(C(=O)c2ccccc2)CCN1c1nnc(-c2ccccc2F)c2ccccc12. The Hall–Kier alpha value is -3.80. The van der Waals surface area contributed by atoms with Crippen molar-refractivity contribution in [2.75, 3.05) is 24.5 Å². The van der Waals surface area contributed by atoms with E-state index in [1.54, 1.807) is 18.2 Å². The smallest absolute Gasteiger partial charge is 0.253 e. The minimum Gasteiger partial charge on any atom is -0.348 e. The number of benzene rings is 3. The highest BCUT2D eigenvalue weighted by molar-refractivity contribution is 6.00. The molecule has 5 nitrogen and oxygen atoms in total. The van der Waals surface area contributed by atoms with E-state index in [4.69, 9.17) is 0 Å². The topological polar surface area (TPSA) is 49.3 Å². The number of piperazine rings is 1. The number of amides is 1. The van der Waals surface area contributed by atoms with Crippen LogP contribution in [0, 0.1) is 5.82 Å². The Bertz CT molecular complexity index is 1280. The van der Waals surface area contributed by atoms with E-state index < -0.39 is 0 Å². The minimum atomic E-state index is -0.318. The molecule has 1 atom stereocenters. The van der Waals surface area contributed by atoms with Crippen molar-refractivity contribution in [1.82, 2.24) is 15.1 Å². The van der Waals surface area contributed by atoms with E-state index in [0.717, 1.165) is 16.6 Å². The van der Waals surface area contributed by atoms with Crippen LogP contribution in [0.15, 0.2) is 78.9 Å². The van der Waals surface area contributed by atoms with E-state index in [9.17, 15) is 9.18 Å². The fraction of sp³-hybridized carbons (Fsp3) is 0.192. The number of carbonyl (C=O) groups is 1. The summed E-state index contributed by atoms with van der Waals surface area (Å²) in [6.07, 6.45) is 0. The first-order chi connectivity index (χ1) is 15.6. The van der Waals surface area contributed by atoms with Crippen LogP contribution >= 0.6 is 0 Å². The molecule has 1 amide bonds. The van der Waals surface area contributed by atoms with E-state index in [1.165, 1.54) is 6.07 Å². The molecule has 0 saturated carbocycles. The second kappa shape index (κ2) is 8.38. The zero-order chi connectivity index (χ0) is 22.1. The van der Waals surface area contributed by atoms with Crippen LogP contribution in [0.1, 0.15) is 17.3 Å². The van der Waals surface area contributed by atoms with Crippen molar-refractivity contribution in [2.45, 2.75) is 13.0 Å². The van der Waals surface area contributed by atoms with Crippen molar-refractivity contribution in [2.24, 2.45) is 0 Å². The highest BCUT2D eigenvalue weighted by Gasteiger charge is 2.29. The largest absolute Gasteiger partial charge is 0.348 e. The van der Waals surface area contributed by atoms with E-state index >= 15 is 0 Å². The Morgan fingerprint density at radius 1 is 0.875 bits per heavy atom. The molecule has 1 saturated heterocycles. The van der Waals surface area contributed by atoms with Gasteiger partial charge in [0.05, 0.1) is 0 Å². The second-order valence-corrected chi connectivity index (χ2v) is 8.06. The van der Waals surface area contributed by atoms with Crippen LogP contribution in [-0.2, 0) is 0 Å². The molecule has 0 spiro atoms. The highest BCUT2D eigenvalue weighted by atomic mass is 19.1. The number of hydrogen-bond acceptors (Lipinski definition) is 4. The summed E-state index contributed by atoms with van der Waals surface area (Å²) in [6, 6.07) is 23.9. The summed E-state index contributed by atoms with van der Waals surface area (Å²) in [5.74, 6) is 0.490. The quantitative estimate of drug-likeness (QED) is 0.473. The lowest BCUT2D eigenvalue weighted by atomic mass is 10.0. The molecule has 1 fully saturated rings. The standard InChI is InChI=1S/C26H23FN4O/c1-18-17-30(26(32)19-9-3-2-4-10-19)15-16-31(18)25-21-12-6-5-11-20(21)24(28-29-25)22-13-7-8-14-23(22)27/h2-14,18H,15-17H2,1H3/t18-/m1/s1. The average molecular weight is 426 g/mol. The molecular weight excluding hydrogens is 403 g/mol. The summed E-state index contributed by atoms with van der Waals surface area (Å²) in [7, 11) is 0. The number of hydrogen-bond donors (Lipinski definition) is 0. The number of anilines is 1. The van der Waals surface area contributed by atoms with Crippen LogP contribution in [0.5, 0.6) is 0 Å². The van der Waals surface area contributed by atoms with Crippen molar-refractivity contribution in [3.8, 4) is 11.3 Å². The van der Waals surface area contributed by atoms with Gasteiger partial charge in [0.25, 0.3) is 5.91 Å². The molecule has 4 aromatic rings. The third-order valence-electron chi connectivity index (χ3n) is 6.00. The maximum absolute atomic E-state index is 14.5. The maximum Gasteiger partial charge on any atom is 0.253 e. The first-order valence-corrected chi connectivity index (χ1v) is 10.7. The fourth-order valence-electron chi connectivity index (χ4n) is 4.37. The van der Waals surface area contributed by atoms with Crippen LogP contribution in [0.2, 0.25) is 0 Å². The molecule has 160 valence electrons. The molecule has 0 unspecified atom stereocenters. The maximum atomic E-state index is 14.5. The zero-order valence-electron chi connectivity index (χ0n) is 17.8. The van der Waals surface area contributed by atoms with Crippen molar-refractivity contribution in [1.29, 1.82) is 0 Å². The van der Waals surface area contributed by atoms with Crippen molar-refractivity contribution >= 4 is 22.5 Å². The number of carbonyl (C=O) groups excluding carboxylic acids is 1. The average Bonchev–Trinajstić information content (AvgIpc) is 2.84. The normalized spacial score (nSPS) is 16.4. The van der Waals surface area contributed by atoms with Gasteiger partial charge in [-0.25, -0.2) is 4.39 Å². The molecule has 32 heavy (non-hydrogen) atoms. The number of fused-ring (bicyclic) bond motifs is 1. The van der Waals surface area contributed by atoms with Gasteiger partial charge in [-0.1, -0.05) is 54.6 Å². The number of halogens is 1. The molecule has 1 aliphatic heterocycles. The van der Waals surface area contributed by atoms with Gasteiger partial charge < -0.3 is 9.80 Å². The van der Waals surface area contributed by atoms with Gasteiger partial charge in [0.15, 0.2) is 5.82 Å². The Morgan fingerprint density at radius 2 is 1.56 bits per heavy atom. The fourth-order valence-corrected chi connectivity index (χ4v) is 4.37. The van der Waals surface area contributed by atoms with Gasteiger partial charge in [0.2, 0.25) is 0 Å². The number of aromatic nitrogens is 2. The monoisotopic (exact) mass is 426 g/mol. The van der Waals surface area contributed by atoms with Crippen molar-refractivity contribution < 1.29 is 9.18 Å². The zero-order valence-corrected chi connectivity index (χ0v) is 17.8. The van der Waals surface area contributed by atoms with Crippen LogP contribution in [-0.4, -0.2) is 46.7 Å². The van der Waals surface area contributed by atoms with E-state index in [2.05, 4.69) is 22.0 Å². The lowest BCUT2D eigenvalue weighted by Gasteiger charge is -2.40. The lowest BCUT2D eigenvalue weighted by molar-refractivity contribution is 0.0726. The van der Waals surface area contributed by atoms with E-state index in [-0.39, 0.29) is 17.8 Å². The number of rotatable bonds is 3. The molecule has 0 radical (unpaired) electrons. The first kappa shape index (κ1) is 20.1. The van der Waals surface area contributed by atoms with Crippen molar-refractivity contribution in [3.05, 3.63) is 90.2 Å². The molecule has 2 heterocycles. The molecular formula is C26H23FN4O. The van der Waals surface area contributed by atoms with E-state index in [0.29, 0.717) is 36.5 Å². The van der Waals surface area contributed by atoms with Crippen LogP contribution in [0.4, 0.5) is 10.2 Å². The van der Waals surface area contributed by atoms with E-state index in [1.807, 2.05) is 59.5 Å². The third-order valence-corrected chi connectivity index (χ3v) is 6.00. The molecule has 5 rings (SSSR count). The van der Waals surface area contributed by atoms with Crippen LogP contribution in [0.3, 0.4) is 0 Å². The Morgan fingerprint density at radius 3 is 2.31 bits per heavy atom. The molecule has 1 aromatic heterocycles. The summed E-state index contributed by atoms with van der Waals surface area (Å²) in [6.45, 7) is 3.94. The summed E-state index contributed by atoms with van der Waals surface area (Å²) < 4.78 is 14.5. The summed E-state index contributed by atoms with van der Waals surface area (Å²) in [5.41, 5.74) is 1.68. The second-order valence-electron chi connectivity index (χ2n) is 8.06. The van der Waals surface area contributed by atoms with Crippen molar-refractivity contribution in [3.63, 3.8) is 0 Å². The molecule has 3 aromatic carbocycles. The Labute approximate surface area is 186 Å². The Balaban J connectivity index is 1.47.